The second-order valence-corrected chi connectivity index (χ2v) is 7.76. The van der Waals surface area contributed by atoms with Gasteiger partial charge in [-0.25, -0.2) is 4.79 Å². The highest BCUT2D eigenvalue weighted by molar-refractivity contribution is 5.79. The van der Waals surface area contributed by atoms with E-state index >= 15 is 0 Å². The van der Waals surface area contributed by atoms with E-state index < -0.39 is 5.69 Å². The largest absolute Gasteiger partial charge is 0.497 e. The fourth-order valence-electron chi connectivity index (χ4n) is 4.09. The molecule has 0 aliphatic rings. The molecular formula is C24H23N5O3. The molecule has 8 heteroatoms. The predicted octanol–water partition coefficient (Wildman–Crippen LogP) is 2.91. The van der Waals surface area contributed by atoms with Crippen molar-refractivity contribution in [3.05, 3.63) is 81.1 Å². The standard InChI is InChI=1S/C24H23N5O3/c1-5-15-9-11-16(12-10-15)19-14-28-20-21(26(2)24(31)27(3)22(20)30)25-23(28)29(19)17-7-6-8-18(13-17)32-4/h6-14H,5H2,1-4H3. The molecule has 0 spiro atoms. The van der Waals surface area contributed by atoms with Crippen LogP contribution >= 0.6 is 0 Å². The maximum atomic E-state index is 13.0. The first kappa shape index (κ1) is 19.9. The molecule has 162 valence electrons. The van der Waals surface area contributed by atoms with E-state index in [1.807, 2.05) is 35.0 Å². The van der Waals surface area contributed by atoms with Gasteiger partial charge in [0, 0.05) is 31.9 Å². The van der Waals surface area contributed by atoms with E-state index in [9.17, 15) is 9.59 Å². The SMILES string of the molecule is CCc1ccc(-c2cn3c4c(=O)n(C)c(=O)n(C)c4nc3n2-c2cccc(OC)c2)cc1. The Balaban J connectivity index is 1.92. The average molecular weight is 429 g/mol. The van der Waals surface area contributed by atoms with E-state index in [1.54, 1.807) is 18.6 Å². The number of hydrogen-bond donors (Lipinski definition) is 0. The Bertz CT molecular complexity index is 1600. The zero-order valence-corrected chi connectivity index (χ0v) is 18.4. The summed E-state index contributed by atoms with van der Waals surface area (Å²) in [5.74, 6) is 1.25. The molecule has 0 N–H and O–H groups in total. The second kappa shape index (κ2) is 7.26. The van der Waals surface area contributed by atoms with Crippen molar-refractivity contribution in [2.75, 3.05) is 7.11 Å². The number of aryl methyl sites for hydroxylation is 2. The minimum Gasteiger partial charge on any atom is -0.497 e. The molecule has 0 amide bonds. The number of ether oxygens (including phenoxy) is 1. The van der Waals surface area contributed by atoms with Gasteiger partial charge in [-0.15, -0.1) is 0 Å². The van der Waals surface area contributed by atoms with Crippen LogP contribution in [0, 0.1) is 0 Å². The van der Waals surface area contributed by atoms with Crippen molar-refractivity contribution < 1.29 is 4.74 Å². The highest BCUT2D eigenvalue weighted by Crippen LogP contribution is 2.30. The van der Waals surface area contributed by atoms with Gasteiger partial charge in [0.25, 0.3) is 5.56 Å². The summed E-state index contributed by atoms with van der Waals surface area (Å²) < 4.78 is 11.7. The summed E-state index contributed by atoms with van der Waals surface area (Å²) in [6, 6.07) is 16.0. The summed E-state index contributed by atoms with van der Waals surface area (Å²) in [5, 5.41) is 0. The van der Waals surface area contributed by atoms with Crippen LogP contribution in [0.5, 0.6) is 5.75 Å². The molecule has 3 aromatic heterocycles. The van der Waals surface area contributed by atoms with Crippen LogP contribution in [0.15, 0.2) is 64.3 Å². The minimum atomic E-state index is -0.411. The van der Waals surface area contributed by atoms with Crippen molar-refractivity contribution in [2.45, 2.75) is 13.3 Å². The van der Waals surface area contributed by atoms with Gasteiger partial charge in [-0.2, -0.15) is 4.98 Å². The van der Waals surface area contributed by atoms with Crippen LogP contribution in [0.1, 0.15) is 12.5 Å². The molecule has 0 aliphatic heterocycles. The zero-order chi connectivity index (χ0) is 22.6. The first-order valence-corrected chi connectivity index (χ1v) is 10.4. The van der Waals surface area contributed by atoms with Gasteiger partial charge in [0.2, 0.25) is 5.78 Å². The van der Waals surface area contributed by atoms with Gasteiger partial charge in [0.1, 0.15) is 5.75 Å². The number of nitrogens with zero attached hydrogens (tertiary/aromatic N) is 5. The summed E-state index contributed by atoms with van der Waals surface area (Å²) >= 11 is 0. The van der Waals surface area contributed by atoms with Gasteiger partial charge in [0.15, 0.2) is 11.2 Å². The summed E-state index contributed by atoms with van der Waals surface area (Å²) in [6.45, 7) is 2.12. The van der Waals surface area contributed by atoms with E-state index in [-0.39, 0.29) is 5.56 Å². The average Bonchev–Trinajstić information content (AvgIpc) is 3.38. The lowest BCUT2D eigenvalue weighted by atomic mass is 10.1. The normalized spacial score (nSPS) is 11.5. The lowest BCUT2D eigenvalue weighted by Crippen LogP contribution is -2.37. The molecule has 5 rings (SSSR count). The quantitative estimate of drug-likeness (QED) is 0.440. The van der Waals surface area contributed by atoms with Crippen LogP contribution in [0.25, 0.3) is 33.9 Å². The number of methoxy groups -OCH3 is 1. The van der Waals surface area contributed by atoms with Gasteiger partial charge in [0.05, 0.1) is 18.5 Å². The molecule has 0 atom stereocenters. The third-order valence-corrected chi connectivity index (χ3v) is 5.93. The summed E-state index contributed by atoms with van der Waals surface area (Å²) in [4.78, 5) is 30.2. The van der Waals surface area contributed by atoms with Crippen LogP contribution in [-0.4, -0.2) is 30.2 Å². The van der Waals surface area contributed by atoms with Gasteiger partial charge in [-0.05, 0) is 24.1 Å². The van der Waals surface area contributed by atoms with Gasteiger partial charge in [-0.1, -0.05) is 37.3 Å². The number of rotatable bonds is 4. The summed E-state index contributed by atoms with van der Waals surface area (Å²) in [7, 11) is 4.72. The number of hydrogen-bond acceptors (Lipinski definition) is 4. The van der Waals surface area contributed by atoms with Crippen molar-refractivity contribution in [1.82, 2.24) is 23.1 Å². The highest BCUT2D eigenvalue weighted by atomic mass is 16.5. The molecule has 32 heavy (non-hydrogen) atoms. The highest BCUT2D eigenvalue weighted by Gasteiger charge is 2.21. The van der Waals surface area contributed by atoms with Crippen LogP contribution in [0.4, 0.5) is 0 Å². The van der Waals surface area contributed by atoms with E-state index in [4.69, 9.17) is 9.72 Å². The molecule has 0 saturated carbocycles. The van der Waals surface area contributed by atoms with Crippen molar-refractivity contribution >= 4 is 16.9 Å². The maximum absolute atomic E-state index is 13.0. The van der Waals surface area contributed by atoms with Crippen molar-refractivity contribution in [1.29, 1.82) is 0 Å². The molecular weight excluding hydrogens is 406 g/mol. The van der Waals surface area contributed by atoms with Gasteiger partial charge >= 0.3 is 5.69 Å². The van der Waals surface area contributed by atoms with Gasteiger partial charge in [-0.3, -0.25) is 22.9 Å². The topological polar surface area (TPSA) is 75.5 Å². The monoisotopic (exact) mass is 429 g/mol. The van der Waals surface area contributed by atoms with Crippen LogP contribution in [-0.2, 0) is 20.5 Å². The number of imidazole rings is 2. The lowest BCUT2D eigenvalue weighted by Gasteiger charge is -2.11. The van der Waals surface area contributed by atoms with E-state index in [0.29, 0.717) is 22.7 Å². The first-order chi connectivity index (χ1) is 15.4. The molecule has 0 saturated heterocycles. The third kappa shape index (κ3) is 2.80. The molecule has 3 heterocycles. The predicted molar refractivity (Wildman–Crippen MR) is 124 cm³/mol. The molecule has 0 aliphatic carbocycles. The molecule has 2 aromatic carbocycles. The Morgan fingerprint density at radius 3 is 2.44 bits per heavy atom. The summed E-state index contributed by atoms with van der Waals surface area (Å²) in [6.07, 6.45) is 2.85. The smallest absolute Gasteiger partial charge is 0.332 e. The second-order valence-electron chi connectivity index (χ2n) is 7.76. The molecule has 0 bridgehead atoms. The molecule has 0 unspecified atom stereocenters. The van der Waals surface area contributed by atoms with Crippen molar-refractivity contribution in [3.8, 4) is 22.7 Å². The van der Waals surface area contributed by atoms with E-state index in [2.05, 4.69) is 31.2 Å². The first-order valence-electron chi connectivity index (χ1n) is 10.4. The Kier molecular flexibility index (Phi) is 4.51. The van der Waals surface area contributed by atoms with Crippen LogP contribution in [0.3, 0.4) is 0 Å². The maximum Gasteiger partial charge on any atom is 0.332 e. The van der Waals surface area contributed by atoms with Crippen LogP contribution < -0.4 is 16.0 Å². The Hall–Kier alpha value is -4.07. The summed E-state index contributed by atoms with van der Waals surface area (Å²) in [5.41, 5.74) is 3.86. The van der Waals surface area contributed by atoms with E-state index in [1.165, 1.54) is 17.2 Å². The number of benzene rings is 2. The Morgan fingerprint density at radius 1 is 1.00 bits per heavy atom. The van der Waals surface area contributed by atoms with Crippen LogP contribution in [0.2, 0.25) is 0 Å². The molecule has 0 fully saturated rings. The molecule has 8 nitrogen and oxygen atoms in total. The van der Waals surface area contributed by atoms with Crippen molar-refractivity contribution in [3.63, 3.8) is 0 Å². The zero-order valence-electron chi connectivity index (χ0n) is 18.4. The molecule has 0 radical (unpaired) electrons. The number of aromatic nitrogens is 5. The Morgan fingerprint density at radius 2 is 1.75 bits per heavy atom. The van der Waals surface area contributed by atoms with Gasteiger partial charge < -0.3 is 4.74 Å². The third-order valence-electron chi connectivity index (χ3n) is 5.93. The fourth-order valence-corrected chi connectivity index (χ4v) is 4.09. The molecule has 5 aromatic rings. The minimum absolute atomic E-state index is 0.345. The van der Waals surface area contributed by atoms with Crippen molar-refractivity contribution in [2.24, 2.45) is 14.1 Å². The Labute approximate surface area is 183 Å². The number of fused-ring (bicyclic) bond motifs is 3. The fraction of sp³-hybridized carbons (Fsp3) is 0.208. The lowest BCUT2D eigenvalue weighted by molar-refractivity contribution is 0.414. The van der Waals surface area contributed by atoms with E-state index in [0.717, 1.165) is 27.9 Å².